The van der Waals surface area contributed by atoms with Gasteiger partial charge in [-0.15, -0.1) is 0 Å². The number of hydrazine groups is 1. The molecule has 2 heterocycles. The van der Waals surface area contributed by atoms with Crippen molar-refractivity contribution in [3.8, 4) is 0 Å². The van der Waals surface area contributed by atoms with Crippen molar-refractivity contribution in [1.29, 1.82) is 0 Å². The zero-order chi connectivity index (χ0) is 24.0. The minimum Gasteiger partial charge on any atom is -0.454 e. The molecular weight excluding hydrogens is 450 g/mol. The Balaban J connectivity index is 1.57. The molecule has 3 rings (SSSR count). The maximum Gasteiger partial charge on any atom is 0.305 e. The Bertz CT molecular complexity index is 1110. The second-order valence-corrected chi connectivity index (χ2v) is 9.29. The van der Waals surface area contributed by atoms with Gasteiger partial charge < -0.3 is 9.73 Å². The zero-order valence-electron chi connectivity index (χ0n) is 18.5. The van der Waals surface area contributed by atoms with Gasteiger partial charge in [-0.05, 0) is 49.5 Å². The SMILES string of the molecule is CCN(CC)Cc1ccc(C(=O)NNC(=O)c2ccc(S(=O)(=O)N3CCNC(=O)C3)cc2)o1. The molecule has 1 aliphatic heterocycles. The third-order valence-electron chi connectivity index (χ3n) is 5.21. The minimum absolute atomic E-state index is 0.0332. The average Bonchev–Trinajstić information content (AvgIpc) is 3.29. The van der Waals surface area contributed by atoms with Gasteiger partial charge in [-0.1, -0.05) is 13.8 Å². The quantitative estimate of drug-likeness (QED) is 0.465. The lowest BCUT2D eigenvalue weighted by molar-refractivity contribution is -0.122. The molecule has 3 amide bonds. The molecule has 0 spiro atoms. The largest absolute Gasteiger partial charge is 0.454 e. The molecule has 1 saturated heterocycles. The Kier molecular flexibility index (Phi) is 7.84. The van der Waals surface area contributed by atoms with Crippen LogP contribution in [-0.4, -0.2) is 68.1 Å². The molecule has 12 heteroatoms. The molecule has 11 nitrogen and oxygen atoms in total. The van der Waals surface area contributed by atoms with E-state index in [0.717, 1.165) is 17.4 Å². The molecule has 1 aliphatic rings. The standard InChI is InChI=1S/C21H27N5O6S/c1-3-25(4-2)13-16-7-10-18(32-16)21(29)24-23-20(28)15-5-8-17(9-6-15)33(30,31)26-12-11-22-19(27)14-26/h5-10H,3-4,11-14H2,1-2H3,(H,22,27)(H,23,28)(H,24,29). The first-order valence-corrected chi connectivity index (χ1v) is 12.0. The Labute approximate surface area is 192 Å². The Morgan fingerprint density at radius 1 is 1.06 bits per heavy atom. The van der Waals surface area contributed by atoms with Crippen molar-refractivity contribution in [3.05, 3.63) is 53.5 Å². The van der Waals surface area contributed by atoms with Crippen LogP contribution in [0.4, 0.5) is 0 Å². The second kappa shape index (κ2) is 10.6. The minimum atomic E-state index is -3.85. The lowest BCUT2D eigenvalue weighted by Gasteiger charge is -2.25. The smallest absolute Gasteiger partial charge is 0.305 e. The van der Waals surface area contributed by atoms with E-state index in [0.29, 0.717) is 12.3 Å². The molecule has 178 valence electrons. The first-order valence-electron chi connectivity index (χ1n) is 10.5. The van der Waals surface area contributed by atoms with E-state index in [1.54, 1.807) is 6.07 Å². The van der Waals surface area contributed by atoms with Crippen LogP contribution in [0.15, 0.2) is 45.7 Å². The number of sulfonamides is 1. The molecule has 0 bridgehead atoms. The summed E-state index contributed by atoms with van der Waals surface area (Å²) in [5.41, 5.74) is 4.70. The van der Waals surface area contributed by atoms with Crippen LogP contribution in [0.1, 0.15) is 40.5 Å². The van der Waals surface area contributed by atoms with Gasteiger partial charge in [-0.25, -0.2) is 8.42 Å². The number of benzene rings is 1. The van der Waals surface area contributed by atoms with Crippen molar-refractivity contribution in [3.63, 3.8) is 0 Å². The number of carbonyl (C=O) groups excluding carboxylic acids is 3. The van der Waals surface area contributed by atoms with Crippen LogP contribution in [0.25, 0.3) is 0 Å². The molecule has 3 N–H and O–H groups in total. The van der Waals surface area contributed by atoms with Gasteiger partial charge in [-0.3, -0.25) is 30.1 Å². The molecule has 2 aromatic rings. The third-order valence-corrected chi connectivity index (χ3v) is 7.07. The fourth-order valence-electron chi connectivity index (χ4n) is 3.25. The first-order chi connectivity index (χ1) is 15.7. The summed E-state index contributed by atoms with van der Waals surface area (Å²) in [6.07, 6.45) is 0. The normalized spacial score (nSPS) is 14.7. The highest BCUT2D eigenvalue weighted by atomic mass is 32.2. The number of hydrogen-bond acceptors (Lipinski definition) is 7. The summed E-state index contributed by atoms with van der Waals surface area (Å²) in [6, 6.07) is 8.46. The summed E-state index contributed by atoms with van der Waals surface area (Å²) in [6.45, 7) is 6.50. The molecule has 33 heavy (non-hydrogen) atoms. The van der Waals surface area contributed by atoms with E-state index < -0.39 is 21.8 Å². The topological polar surface area (TPSA) is 141 Å². The summed E-state index contributed by atoms with van der Waals surface area (Å²) < 4.78 is 31.9. The van der Waals surface area contributed by atoms with E-state index in [1.165, 1.54) is 30.3 Å². The molecule has 1 aromatic carbocycles. The fourth-order valence-corrected chi connectivity index (χ4v) is 4.64. The molecule has 1 fully saturated rings. The predicted octanol–water partition coefficient (Wildman–Crippen LogP) is 0.317. The van der Waals surface area contributed by atoms with Gasteiger partial charge in [0.1, 0.15) is 5.76 Å². The number of furan rings is 1. The summed E-state index contributed by atoms with van der Waals surface area (Å²) in [5.74, 6) is -0.910. The molecule has 0 radical (unpaired) electrons. The van der Waals surface area contributed by atoms with Gasteiger partial charge in [0, 0.05) is 18.7 Å². The van der Waals surface area contributed by atoms with Crippen molar-refractivity contribution in [2.24, 2.45) is 0 Å². The number of carbonyl (C=O) groups is 3. The fraction of sp³-hybridized carbons (Fsp3) is 0.381. The van der Waals surface area contributed by atoms with E-state index in [1.807, 2.05) is 13.8 Å². The van der Waals surface area contributed by atoms with Crippen molar-refractivity contribution in [2.75, 3.05) is 32.7 Å². The average molecular weight is 478 g/mol. The van der Waals surface area contributed by atoms with E-state index >= 15 is 0 Å². The molecule has 0 saturated carbocycles. The number of nitrogens with zero attached hydrogens (tertiary/aromatic N) is 2. The summed E-state index contributed by atoms with van der Waals surface area (Å²) >= 11 is 0. The van der Waals surface area contributed by atoms with Crippen LogP contribution in [0.3, 0.4) is 0 Å². The molecular formula is C21H27N5O6S. The number of nitrogens with one attached hydrogen (secondary N) is 3. The summed E-state index contributed by atoms with van der Waals surface area (Å²) in [7, 11) is -3.85. The van der Waals surface area contributed by atoms with Crippen molar-refractivity contribution < 1.29 is 27.2 Å². The first kappa shape index (κ1) is 24.4. The van der Waals surface area contributed by atoms with Crippen LogP contribution in [0.5, 0.6) is 0 Å². The van der Waals surface area contributed by atoms with Gasteiger partial charge in [-0.2, -0.15) is 4.31 Å². The van der Waals surface area contributed by atoms with Gasteiger partial charge in [0.15, 0.2) is 5.76 Å². The second-order valence-electron chi connectivity index (χ2n) is 7.35. The Hall–Kier alpha value is -3.22. The maximum atomic E-state index is 12.7. The van der Waals surface area contributed by atoms with E-state index in [9.17, 15) is 22.8 Å². The van der Waals surface area contributed by atoms with Crippen LogP contribution in [-0.2, 0) is 21.4 Å². The lowest BCUT2D eigenvalue weighted by Crippen LogP contribution is -2.49. The van der Waals surface area contributed by atoms with Gasteiger partial charge >= 0.3 is 5.91 Å². The van der Waals surface area contributed by atoms with Gasteiger partial charge in [0.05, 0.1) is 18.0 Å². The van der Waals surface area contributed by atoms with E-state index in [2.05, 4.69) is 21.1 Å². The highest BCUT2D eigenvalue weighted by Crippen LogP contribution is 2.17. The van der Waals surface area contributed by atoms with Crippen LogP contribution < -0.4 is 16.2 Å². The van der Waals surface area contributed by atoms with Crippen molar-refractivity contribution >= 4 is 27.7 Å². The third kappa shape index (κ3) is 5.97. The van der Waals surface area contributed by atoms with Crippen molar-refractivity contribution in [2.45, 2.75) is 25.3 Å². The molecule has 1 aromatic heterocycles. The van der Waals surface area contributed by atoms with Crippen LogP contribution >= 0.6 is 0 Å². The molecule has 0 aliphatic carbocycles. The number of piperazine rings is 1. The maximum absolute atomic E-state index is 12.7. The predicted molar refractivity (Wildman–Crippen MR) is 118 cm³/mol. The lowest BCUT2D eigenvalue weighted by atomic mass is 10.2. The van der Waals surface area contributed by atoms with E-state index in [4.69, 9.17) is 4.42 Å². The summed E-state index contributed by atoms with van der Waals surface area (Å²) in [5, 5.41) is 2.57. The highest BCUT2D eigenvalue weighted by molar-refractivity contribution is 7.89. The molecule has 0 unspecified atom stereocenters. The van der Waals surface area contributed by atoms with Gasteiger partial charge in [0.2, 0.25) is 15.9 Å². The summed E-state index contributed by atoms with van der Waals surface area (Å²) in [4.78, 5) is 38.2. The number of amides is 3. The van der Waals surface area contributed by atoms with Crippen molar-refractivity contribution in [1.82, 2.24) is 25.4 Å². The number of rotatable bonds is 8. The zero-order valence-corrected chi connectivity index (χ0v) is 19.3. The Morgan fingerprint density at radius 2 is 1.73 bits per heavy atom. The van der Waals surface area contributed by atoms with Gasteiger partial charge in [0.25, 0.3) is 5.91 Å². The van der Waals surface area contributed by atoms with Crippen LogP contribution in [0.2, 0.25) is 0 Å². The monoisotopic (exact) mass is 477 g/mol. The number of hydrogen-bond donors (Lipinski definition) is 3. The van der Waals surface area contributed by atoms with E-state index in [-0.39, 0.29) is 41.8 Å². The molecule has 0 atom stereocenters. The Morgan fingerprint density at radius 3 is 2.36 bits per heavy atom. The highest BCUT2D eigenvalue weighted by Gasteiger charge is 2.29. The van der Waals surface area contributed by atoms with Crippen LogP contribution in [0, 0.1) is 0 Å².